The van der Waals surface area contributed by atoms with Gasteiger partial charge in [0.2, 0.25) is 0 Å². The van der Waals surface area contributed by atoms with E-state index in [1.807, 2.05) is 6.92 Å². The van der Waals surface area contributed by atoms with Crippen LogP contribution in [0.4, 0.5) is 0 Å². The largest absolute Gasteiger partial charge is 0.463 e. The highest BCUT2D eigenvalue weighted by atomic mass is 16.6. The lowest BCUT2D eigenvalue weighted by molar-refractivity contribution is -0.165. The van der Waals surface area contributed by atoms with Gasteiger partial charge in [-0.15, -0.1) is 0 Å². The number of carbonyl (C=O) groups excluding carboxylic acids is 2. The van der Waals surface area contributed by atoms with Crippen LogP contribution in [-0.4, -0.2) is 24.6 Å². The van der Waals surface area contributed by atoms with Gasteiger partial charge in [-0.25, -0.2) is 4.79 Å². The van der Waals surface area contributed by atoms with Crippen LogP contribution in [0.1, 0.15) is 33.6 Å². The number of unbranched alkanes of at least 4 members (excludes halogenated alkanes) is 1. The Balaban J connectivity index is 3.63. The fourth-order valence-corrected chi connectivity index (χ4v) is 0.732. The van der Waals surface area contributed by atoms with Crippen molar-refractivity contribution in [3.8, 4) is 0 Å². The zero-order chi connectivity index (χ0) is 10.3. The number of carbonyl (C=O) groups is 2. The molecule has 0 amide bonds. The van der Waals surface area contributed by atoms with Crippen molar-refractivity contribution in [1.29, 1.82) is 0 Å². The Kier molecular flexibility index (Phi) is 5.93. The van der Waals surface area contributed by atoms with Crippen LogP contribution < -0.4 is 0 Å². The first-order chi connectivity index (χ1) is 6.07. The van der Waals surface area contributed by atoms with Gasteiger partial charge in [0.05, 0.1) is 6.61 Å². The molecule has 0 fully saturated rings. The molecule has 1 unspecified atom stereocenters. The maximum absolute atomic E-state index is 11.1. The van der Waals surface area contributed by atoms with Gasteiger partial charge < -0.3 is 9.47 Å². The Labute approximate surface area is 78.2 Å². The molecule has 0 radical (unpaired) electrons. The van der Waals surface area contributed by atoms with E-state index in [0.717, 1.165) is 12.8 Å². The topological polar surface area (TPSA) is 52.6 Å². The summed E-state index contributed by atoms with van der Waals surface area (Å²) in [5, 5.41) is 0. The van der Waals surface area contributed by atoms with Gasteiger partial charge in [-0.1, -0.05) is 13.3 Å². The van der Waals surface area contributed by atoms with Gasteiger partial charge in [0.1, 0.15) is 0 Å². The number of esters is 2. The van der Waals surface area contributed by atoms with Gasteiger partial charge in [-0.3, -0.25) is 4.79 Å². The SMILES string of the molecule is CCCCOC(=O)C(C)OC(C)=O. The number of hydrogen-bond donors (Lipinski definition) is 0. The minimum Gasteiger partial charge on any atom is -0.463 e. The molecule has 0 heterocycles. The molecule has 13 heavy (non-hydrogen) atoms. The summed E-state index contributed by atoms with van der Waals surface area (Å²) in [6, 6.07) is 0. The monoisotopic (exact) mass is 188 g/mol. The molecule has 0 aromatic carbocycles. The number of ether oxygens (including phenoxy) is 2. The summed E-state index contributed by atoms with van der Waals surface area (Å²) in [4.78, 5) is 21.5. The van der Waals surface area contributed by atoms with Gasteiger partial charge >= 0.3 is 11.9 Å². The van der Waals surface area contributed by atoms with E-state index in [9.17, 15) is 9.59 Å². The molecule has 4 nitrogen and oxygen atoms in total. The zero-order valence-corrected chi connectivity index (χ0v) is 8.33. The van der Waals surface area contributed by atoms with Crippen molar-refractivity contribution in [2.75, 3.05) is 6.61 Å². The Hall–Kier alpha value is -1.06. The first-order valence-electron chi connectivity index (χ1n) is 4.41. The fraction of sp³-hybridized carbons (Fsp3) is 0.778. The molecule has 76 valence electrons. The Morgan fingerprint density at radius 3 is 2.46 bits per heavy atom. The smallest absolute Gasteiger partial charge is 0.347 e. The molecule has 0 N–H and O–H groups in total. The summed E-state index contributed by atoms with van der Waals surface area (Å²) in [6.45, 7) is 5.15. The number of rotatable bonds is 5. The third kappa shape index (κ3) is 6.13. The Morgan fingerprint density at radius 2 is 2.00 bits per heavy atom. The van der Waals surface area contributed by atoms with Crippen molar-refractivity contribution in [3.63, 3.8) is 0 Å². The highest BCUT2D eigenvalue weighted by Crippen LogP contribution is 1.97. The lowest BCUT2D eigenvalue weighted by atomic mass is 10.3. The molecule has 0 spiro atoms. The maximum atomic E-state index is 11.1. The minimum absolute atomic E-state index is 0.390. The molecule has 1 atom stereocenters. The lowest BCUT2D eigenvalue weighted by Gasteiger charge is -2.10. The van der Waals surface area contributed by atoms with Gasteiger partial charge in [0.15, 0.2) is 6.10 Å². The molecule has 0 saturated heterocycles. The van der Waals surface area contributed by atoms with Crippen LogP contribution in [0.3, 0.4) is 0 Å². The third-order valence-corrected chi connectivity index (χ3v) is 1.42. The lowest BCUT2D eigenvalue weighted by Crippen LogP contribution is -2.25. The zero-order valence-electron chi connectivity index (χ0n) is 8.33. The fourth-order valence-electron chi connectivity index (χ4n) is 0.732. The van der Waals surface area contributed by atoms with E-state index in [1.54, 1.807) is 0 Å². The summed E-state index contributed by atoms with van der Waals surface area (Å²) >= 11 is 0. The molecule has 4 heteroatoms. The van der Waals surface area contributed by atoms with Crippen molar-refractivity contribution >= 4 is 11.9 Å². The van der Waals surface area contributed by atoms with E-state index in [2.05, 4.69) is 4.74 Å². The minimum atomic E-state index is -0.797. The molecule has 0 aromatic rings. The van der Waals surface area contributed by atoms with Crippen LogP contribution >= 0.6 is 0 Å². The van der Waals surface area contributed by atoms with Gasteiger partial charge in [0, 0.05) is 6.92 Å². The van der Waals surface area contributed by atoms with Gasteiger partial charge in [-0.2, -0.15) is 0 Å². The quantitative estimate of drug-likeness (QED) is 0.481. The first kappa shape index (κ1) is 11.9. The van der Waals surface area contributed by atoms with E-state index < -0.39 is 18.0 Å². The molecule has 0 aromatic heterocycles. The van der Waals surface area contributed by atoms with Crippen molar-refractivity contribution in [2.24, 2.45) is 0 Å². The Morgan fingerprint density at radius 1 is 1.38 bits per heavy atom. The standard InChI is InChI=1S/C9H16O4/c1-4-5-6-12-9(11)7(2)13-8(3)10/h7H,4-6H2,1-3H3. The van der Waals surface area contributed by atoms with Crippen molar-refractivity contribution in [2.45, 2.75) is 39.7 Å². The van der Waals surface area contributed by atoms with Crippen molar-refractivity contribution in [3.05, 3.63) is 0 Å². The van der Waals surface area contributed by atoms with Crippen LogP contribution in [0.15, 0.2) is 0 Å². The normalized spacial score (nSPS) is 11.9. The van der Waals surface area contributed by atoms with Crippen LogP contribution in [0.2, 0.25) is 0 Å². The molecule has 0 bridgehead atoms. The average Bonchev–Trinajstić information content (AvgIpc) is 2.03. The second-order valence-electron chi connectivity index (χ2n) is 2.77. The van der Waals surface area contributed by atoms with Crippen LogP contribution in [0.5, 0.6) is 0 Å². The van der Waals surface area contributed by atoms with E-state index in [-0.39, 0.29) is 0 Å². The number of hydrogen-bond acceptors (Lipinski definition) is 4. The van der Waals surface area contributed by atoms with Gasteiger partial charge in [0.25, 0.3) is 0 Å². The summed E-state index contributed by atoms with van der Waals surface area (Å²) < 4.78 is 9.46. The van der Waals surface area contributed by atoms with Crippen molar-refractivity contribution < 1.29 is 19.1 Å². The molecule has 0 saturated carbocycles. The van der Waals surface area contributed by atoms with Gasteiger partial charge in [-0.05, 0) is 13.3 Å². The van der Waals surface area contributed by atoms with E-state index in [0.29, 0.717) is 6.61 Å². The van der Waals surface area contributed by atoms with E-state index in [1.165, 1.54) is 13.8 Å². The molecular formula is C9H16O4. The second kappa shape index (κ2) is 6.46. The second-order valence-corrected chi connectivity index (χ2v) is 2.77. The summed E-state index contributed by atoms with van der Waals surface area (Å²) in [5.41, 5.74) is 0. The summed E-state index contributed by atoms with van der Waals surface area (Å²) in [6.07, 6.45) is 1.00. The molecule has 0 aliphatic rings. The summed E-state index contributed by atoms with van der Waals surface area (Å²) in [7, 11) is 0. The summed E-state index contributed by atoms with van der Waals surface area (Å²) in [5.74, 6) is -0.955. The molecule has 0 aliphatic carbocycles. The maximum Gasteiger partial charge on any atom is 0.347 e. The third-order valence-electron chi connectivity index (χ3n) is 1.42. The highest BCUT2D eigenvalue weighted by molar-refractivity contribution is 5.78. The average molecular weight is 188 g/mol. The Bertz CT molecular complexity index is 176. The van der Waals surface area contributed by atoms with Crippen LogP contribution in [-0.2, 0) is 19.1 Å². The molecule has 0 aliphatic heterocycles. The predicted molar refractivity (Wildman–Crippen MR) is 47.1 cm³/mol. The highest BCUT2D eigenvalue weighted by Gasteiger charge is 2.16. The van der Waals surface area contributed by atoms with Crippen molar-refractivity contribution in [1.82, 2.24) is 0 Å². The van der Waals surface area contributed by atoms with E-state index in [4.69, 9.17) is 4.74 Å². The van der Waals surface area contributed by atoms with Crippen LogP contribution in [0.25, 0.3) is 0 Å². The van der Waals surface area contributed by atoms with E-state index >= 15 is 0 Å². The predicted octanol–water partition coefficient (Wildman–Crippen LogP) is 1.28. The molecule has 0 rings (SSSR count). The molecular weight excluding hydrogens is 172 g/mol. The first-order valence-corrected chi connectivity index (χ1v) is 4.41. The van der Waals surface area contributed by atoms with Crippen LogP contribution in [0, 0.1) is 0 Å².